The zero-order valence-corrected chi connectivity index (χ0v) is 13.3. The summed E-state index contributed by atoms with van der Waals surface area (Å²) >= 11 is 0. The maximum atomic E-state index is 12.1. The quantitative estimate of drug-likeness (QED) is 0.677. The Balaban J connectivity index is 2.18. The third-order valence-electron chi connectivity index (χ3n) is 3.92. The standard InChI is InChI=1S/C14H23NO7/c1-5-6-9(16)15-13-12(22-14(15)17)11(20-4)10(21-13)8(19-3)7-18-2/h8,10-13H,5-7H2,1-4H3/t8-,10-,11+,12-,13+/m1/s1. The Kier molecular flexibility index (Phi) is 5.74. The molecular formula is C14H23NO7. The normalized spacial score (nSPS) is 32.0. The summed E-state index contributed by atoms with van der Waals surface area (Å²) in [6, 6.07) is 0. The van der Waals surface area contributed by atoms with Crippen LogP contribution in [-0.2, 0) is 28.5 Å². The van der Waals surface area contributed by atoms with Crippen LogP contribution in [0.25, 0.3) is 0 Å². The lowest BCUT2D eigenvalue weighted by molar-refractivity contribution is -0.147. The van der Waals surface area contributed by atoms with Gasteiger partial charge >= 0.3 is 6.09 Å². The summed E-state index contributed by atoms with van der Waals surface area (Å²) in [5, 5.41) is 0. The van der Waals surface area contributed by atoms with E-state index in [-0.39, 0.29) is 18.4 Å². The number of amides is 2. The molecule has 22 heavy (non-hydrogen) atoms. The monoisotopic (exact) mass is 317 g/mol. The molecule has 0 aliphatic carbocycles. The first-order valence-corrected chi connectivity index (χ1v) is 7.31. The fourth-order valence-electron chi connectivity index (χ4n) is 2.88. The van der Waals surface area contributed by atoms with E-state index in [4.69, 9.17) is 23.7 Å². The Morgan fingerprint density at radius 3 is 2.64 bits per heavy atom. The predicted molar refractivity (Wildman–Crippen MR) is 74.2 cm³/mol. The van der Waals surface area contributed by atoms with E-state index in [1.54, 1.807) is 14.2 Å². The van der Waals surface area contributed by atoms with Crippen molar-refractivity contribution < 1.29 is 33.3 Å². The van der Waals surface area contributed by atoms with E-state index < -0.39 is 30.6 Å². The van der Waals surface area contributed by atoms with Gasteiger partial charge in [0, 0.05) is 27.8 Å². The van der Waals surface area contributed by atoms with Crippen LogP contribution in [-0.4, -0.2) is 75.5 Å². The van der Waals surface area contributed by atoms with Gasteiger partial charge in [0.1, 0.15) is 18.3 Å². The van der Waals surface area contributed by atoms with Crippen molar-refractivity contribution in [2.45, 2.75) is 50.4 Å². The summed E-state index contributed by atoms with van der Waals surface area (Å²) in [5.41, 5.74) is 0. The molecule has 2 aliphatic rings. The zero-order chi connectivity index (χ0) is 16.3. The van der Waals surface area contributed by atoms with Gasteiger partial charge < -0.3 is 23.7 Å². The first kappa shape index (κ1) is 17.1. The second kappa shape index (κ2) is 7.36. The minimum Gasteiger partial charge on any atom is -0.438 e. The molecule has 2 amide bonds. The van der Waals surface area contributed by atoms with Crippen LogP contribution in [0, 0.1) is 0 Å². The second-order valence-electron chi connectivity index (χ2n) is 5.28. The molecule has 0 spiro atoms. The van der Waals surface area contributed by atoms with E-state index in [1.807, 2.05) is 6.92 Å². The molecule has 2 rings (SSSR count). The summed E-state index contributed by atoms with van der Waals surface area (Å²) in [6.07, 6.45) is -2.62. The topological polar surface area (TPSA) is 83.5 Å². The van der Waals surface area contributed by atoms with Crippen LogP contribution in [0.3, 0.4) is 0 Å². The molecule has 8 nitrogen and oxygen atoms in total. The lowest BCUT2D eigenvalue weighted by Gasteiger charge is -2.27. The van der Waals surface area contributed by atoms with Gasteiger partial charge in [-0.1, -0.05) is 6.92 Å². The number of ether oxygens (including phenoxy) is 5. The molecule has 8 heteroatoms. The Labute approximate surface area is 129 Å². The Hall–Kier alpha value is -1.22. The molecule has 126 valence electrons. The molecule has 0 aromatic rings. The summed E-state index contributed by atoms with van der Waals surface area (Å²) in [4.78, 5) is 25.1. The van der Waals surface area contributed by atoms with Crippen LogP contribution in [0.15, 0.2) is 0 Å². The molecule has 0 aromatic heterocycles. The number of carbonyl (C=O) groups is 2. The van der Waals surface area contributed by atoms with E-state index in [0.717, 1.165) is 4.90 Å². The van der Waals surface area contributed by atoms with Crippen molar-refractivity contribution in [3.05, 3.63) is 0 Å². The maximum absolute atomic E-state index is 12.1. The van der Waals surface area contributed by atoms with Gasteiger partial charge in [-0.2, -0.15) is 0 Å². The molecule has 5 atom stereocenters. The molecule has 0 bridgehead atoms. The van der Waals surface area contributed by atoms with Gasteiger partial charge in [0.2, 0.25) is 5.91 Å². The van der Waals surface area contributed by atoms with Crippen molar-refractivity contribution >= 4 is 12.0 Å². The highest BCUT2D eigenvalue weighted by molar-refractivity contribution is 5.93. The number of fused-ring (bicyclic) bond motifs is 1. The fourth-order valence-corrected chi connectivity index (χ4v) is 2.88. The van der Waals surface area contributed by atoms with Gasteiger partial charge in [0.05, 0.1) is 6.61 Å². The molecule has 0 N–H and O–H groups in total. The van der Waals surface area contributed by atoms with Crippen molar-refractivity contribution in [1.29, 1.82) is 0 Å². The van der Waals surface area contributed by atoms with Gasteiger partial charge in [-0.05, 0) is 6.42 Å². The molecule has 2 fully saturated rings. The largest absolute Gasteiger partial charge is 0.438 e. The van der Waals surface area contributed by atoms with E-state index in [0.29, 0.717) is 13.0 Å². The van der Waals surface area contributed by atoms with Crippen molar-refractivity contribution in [3.63, 3.8) is 0 Å². The lowest BCUT2D eigenvalue weighted by Crippen LogP contribution is -2.44. The number of rotatable bonds is 7. The van der Waals surface area contributed by atoms with E-state index >= 15 is 0 Å². The minimum atomic E-state index is -0.781. The second-order valence-corrected chi connectivity index (χ2v) is 5.28. The maximum Gasteiger partial charge on any atom is 0.419 e. The van der Waals surface area contributed by atoms with Crippen LogP contribution in [0.1, 0.15) is 19.8 Å². The number of methoxy groups -OCH3 is 3. The summed E-state index contributed by atoms with van der Waals surface area (Å²) in [7, 11) is 4.61. The van der Waals surface area contributed by atoms with Crippen LogP contribution in [0.4, 0.5) is 4.79 Å². The van der Waals surface area contributed by atoms with Crippen molar-refractivity contribution in [2.24, 2.45) is 0 Å². The average Bonchev–Trinajstić information content (AvgIpc) is 2.98. The van der Waals surface area contributed by atoms with Crippen LogP contribution in [0.2, 0.25) is 0 Å². The number of hydrogen-bond donors (Lipinski definition) is 0. The Morgan fingerprint density at radius 1 is 1.36 bits per heavy atom. The lowest BCUT2D eigenvalue weighted by atomic mass is 10.1. The number of imide groups is 1. The number of hydrogen-bond acceptors (Lipinski definition) is 7. The molecule has 2 heterocycles. The predicted octanol–water partition coefficient (Wildman–Crippen LogP) is 0.535. The molecule has 2 aliphatic heterocycles. The summed E-state index contributed by atoms with van der Waals surface area (Å²) in [6.45, 7) is 2.17. The zero-order valence-electron chi connectivity index (χ0n) is 13.3. The van der Waals surface area contributed by atoms with Gasteiger partial charge in [0.15, 0.2) is 12.3 Å². The third kappa shape index (κ3) is 2.96. The van der Waals surface area contributed by atoms with Crippen LogP contribution in [0.5, 0.6) is 0 Å². The average molecular weight is 317 g/mol. The molecular weight excluding hydrogens is 294 g/mol. The number of carbonyl (C=O) groups excluding carboxylic acids is 2. The van der Waals surface area contributed by atoms with E-state index in [9.17, 15) is 9.59 Å². The van der Waals surface area contributed by atoms with Crippen molar-refractivity contribution in [1.82, 2.24) is 4.90 Å². The van der Waals surface area contributed by atoms with Crippen LogP contribution < -0.4 is 0 Å². The summed E-state index contributed by atoms with van der Waals surface area (Å²) < 4.78 is 27.1. The van der Waals surface area contributed by atoms with E-state index in [1.165, 1.54) is 7.11 Å². The van der Waals surface area contributed by atoms with Crippen molar-refractivity contribution in [2.75, 3.05) is 27.9 Å². The highest BCUT2D eigenvalue weighted by atomic mass is 16.7. The summed E-state index contributed by atoms with van der Waals surface area (Å²) in [5.74, 6) is -0.309. The third-order valence-corrected chi connectivity index (χ3v) is 3.92. The molecule has 2 saturated heterocycles. The van der Waals surface area contributed by atoms with Gasteiger partial charge in [-0.15, -0.1) is 0 Å². The highest BCUT2D eigenvalue weighted by Crippen LogP contribution is 2.36. The van der Waals surface area contributed by atoms with Gasteiger partial charge in [-0.3, -0.25) is 4.79 Å². The molecule has 0 radical (unpaired) electrons. The smallest absolute Gasteiger partial charge is 0.419 e. The van der Waals surface area contributed by atoms with Crippen molar-refractivity contribution in [3.8, 4) is 0 Å². The molecule has 0 saturated carbocycles. The number of nitrogens with zero attached hydrogens (tertiary/aromatic N) is 1. The molecule has 0 aromatic carbocycles. The molecule has 0 unspecified atom stereocenters. The van der Waals surface area contributed by atoms with Gasteiger partial charge in [-0.25, -0.2) is 9.69 Å². The Bertz CT molecular complexity index is 416. The fraction of sp³-hybridized carbons (Fsp3) is 0.857. The minimum absolute atomic E-state index is 0.260. The first-order valence-electron chi connectivity index (χ1n) is 7.31. The Morgan fingerprint density at radius 2 is 2.09 bits per heavy atom. The first-order chi connectivity index (χ1) is 10.6. The van der Waals surface area contributed by atoms with E-state index in [2.05, 4.69) is 0 Å². The highest BCUT2D eigenvalue weighted by Gasteiger charge is 2.59. The van der Waals surface area contributed by atoms with Gasteiger partial charge in [0.25, 0.3) is 0 Å². The van der Waals surface area contributed by atoms with Crippen LogP contribution >= 0.6 is 0 Å². The SMILES string of the molecule is CCCC(=O)N1C(=O)O[C@@H]2[C@@H](OC)[C@@H]([C@@H](COC)OC)O[C@@H]21.